The maximum absolute atomic E-state index is 11.6. The first-order valence-electron chi connectivity index (χ1n) is 6.41. The Kier molecular flexibility index (Phi) is 4.76. The summed E-state index contributed by atoms with van der Waals surface area (Å²) in [5.74, 6) is 0.619. The van der Waals surface area contributed by atoms with Crippen molar-refractivity contribution < 1.29 is 9.53 Å². The molecule has 1 saturated carbocycles. The highest BCUT2D eigenvalue weighted by molar-refractivity contribution is 5.90. The van der Waals surface area contributed by atoms with Gasteiger partial charge < -0.3 is 15.4 Å². The number of carbonyl (C=O) groups excluding carboxylic acids is 1. The fourth-order valence-electron chi connectivity index (χ4n) is 1.65. The van der Waals surface area contributed by atoms with E-state index < -0.39 is 0 Å². The standard InChI is InChI=1S/C14H17N3O2/c15-8-10-19-13-5-3-12(4-6-13)17-14(18)7-9-16-11-1-2-11/h3-6,11,16H,1-2,7,9-10H2,(H,17,18). The molecule has 0 saturated heterocycles. The zero-order valence-electron chi connectivity index (χ0n) is 10.7. The van der Waals surface area contributed by atoms with Crippen LogP contribution in [0.3, 0.4) is 0 Å². The van der Waals surface area contributed by atoms with Gasteiger partial charge in [0.25, 0.3) is 0 Å². The second kappa shape index (κ2) is 6.76. The van der Waals surface area contributed by atoms with E-state index in [1.165, 1.54) is 12.8 Å². The predicted octanol–water partition coefficient (Wildman–Crippen LogP) is 1.67. The van der Waals surface area contributed by atoms with Crippen LogP contribution in [0.1, 0.15) is 19.3 Å². The summed E-state index contributed by atoms with van der Waals surface area (Å²) in [6.07, 6.45) is 2.93. The van der Waals surface area contributed by atoms with Gasteiger partial charge in [-0.3, -0.25) is 4.79 Å². The van der Waals surface area contributed by atoms with E-state index in [0.717, 1.165) is 12.2 Å². The van der Waals surface area contributed by atoms with Crippen LogP contribution in [0.5, 0.6) is 5.75 Å². The number of anilines is 1. The molecule has 0 aromatic heterocycles. The van der Waals surface area contributed by atoms with Crippen molar-refractivity contribution in [1.29, 1.82) is 5.26 Å². The van der Waals surface area contributed by atoms with Crippen LogP contribution in [0, 0.1) is 11.3 Å². The molecule has 5 nitrogen and oxygen atoms in total. The molecular weight excluding hydrogens is 242 g/mol. The average Bonchev–Trinajstić information content (AvgIpc) is 3.22. The first kappa shape index (κ1) is 13.4. The Morgan fingerprint density at radius 2 is 2.11 bits per heavy atom. The molecule has 5 heteroatoms. The van der Waals surface area contributed by atoms with Gasteiger partial charge in [0.05, 0.1) is 0 Å². The van der Waals surface area contributed by atoms with Crippen LogP contribution in [0.4, 0.5) is 5.69 Å². The Bertz CT molecular complexity index is 461. The van der Waals surface area contributed by atoms with Gasteiger partial charge in [0, 0.05) is 24.7 Å². The first-order chi connectivity index (χ1) is 9.28. The van der Waals surface area contributed by atoms with E-state index in [9.17, 15) is 4.79 Å². The van der Waals surface area contributed by atoms with E-state index in [-0.39, 0.29) is 12.5 Å². The molecule has 2 rings (SSSR count). The number of carbonyl (C=O) groups is 1. The van der Waals surface area contributed by atoms with E-state index in [1.54, 1.807) is 24.3 Å². The summed E-state index contributed by atoms with van der Waals surface area (Å²) in [6.45, 7) is 0.748. The van der Waals surface area contributed by atoms with E-state index in [4.69, 9.17) is 10.00 Å². The van der Waals surface area contributed by atoms with Crippen LogP contribution < -0.4 is 15.4 Å². The van der Waals surface area contributed by atoms with E-state index in [2.05, 4.69) is 10.6 Å². The van der Waals surface area contributed by atoms with Crippen LogP contribution in [0.2, 0.25) is 0 Å². The lowest BCUT2D eigenvalue weighted by atomic mass is 10.3. The molecule has 2 N–H and O–H groups in total. The number of hydrogen-bond acceptors (Lipinski definition) is 4. The molecule has 1 aliphatic rings. The van der Waals surface area contributed by atoms with Crippen molar-refractivity contribution in [2.24, 2.45) is 0 Å². The summed E-state index contributed by atoms with van der Waals surface area (Å²) in [5.41, 5.74) is 0.737. The lowest BCUT2D eigenvalue weighted by Crippen LogP contribution is -2.23. The number of benzene rings is 1. The third kappa shape index (κ3) is 4.98. The predicted molar refractivity (Wildman–Crippen MR) is 71.8 cm³/mol. The van der Waals surface area contributed by atoms with Crippen molar-refractivity contribution in [2.75, 3.05) is 18.5 Å². The van der Waals surface area contributed by atoms with Crippen molar-refractivity contribution in [2.45, 2.75) is 25.3 Å². The number of ether oxygens (including phenoxy) is 1. The average molecular weight is 259 g/mol. The molecule has 0 aliphatic heterocycles. The molecule has 0 bridgehead atoms. The van der Waals surface area contributed by atoms with Crippen LogP contribution in [0.15, 0.2) is 24.3 Å². The second-order valence-electron chi connectivity index (χ2n) is 4.50. The molecule has 1 amide bonds. The van der Waals surface area contributed by atoms with E-state index >= 15 is 0 Å². The zero-order chi connectivity index (χ0) is 13.5. The van der Waals surface area contributed by atoms with Gasteiger partial charge in [-0.15, -0.1) is 0 Å². The van der Waals surface area contributed by atoms with Gasteiger partial charge in [-0.1, -0.05) is 0 Å². The SMILES string of the molecule is N#CCOc1ccc(NC(=O)CCNC2CC2)cc1. The van der Waals surface area contributed by atoms with Gasteiger partial charge in [-0.25, -0.2) is 0 Å². The van der Waals surface area contributed by atoms with Crippen LogP contribution in [0.25, 0.3) is 0 Å². The van der Waals surface area contributed by atoms with E-state index in [1.807, 2.05) is 6.07 Å². The van der Waals surface area contributed by atoms with Crippen LogP contribution in [-0.2, 0) is 4.79 Å². The van der Waals surface area contributed by atoms with Gasteiger partial charge in [0.2, 0.25) is 5.91 Å². The van der Waals surface area contributed by atoms with Crippen molar-refractivity contribution in [3.05, 3.63) is 24.3 Å². The molecule has 1 fully saturated rings. The number of nitrogens with one attached hydrogen (secondary N) is 2. The zero-order valence-corrected chi connectivity index (χ0v) is 10.7. The van der Waals surface area contributed by atoms with Gasteiger partial charge in [0.1, 0.15) is 11.8 Å². The van der Waals surface area contributed by atoms with Crippen molar-refractivity contribution in [3.8, 4) is 11.8 Å². The molecular formula is C14H17N3O2. The number of hydrogen-bond donors (Lipinski definition) is 2. The molecule has 100 valence electrons. The highest BCUT2D eigenvalue weighted by atomic mass is 16.5. The van der Waals surface area contributed by atoms with Gasteiger partial charge in [-0.2, -0.15) is 5.26 Å². The lowest BCUT2D eigenvalue weighted by molar-refractivity contribution is -0.116. The van der Waals surface area contributed by atoms with Crippen molar-refractivity contribution in [1.82, 2.24) is 5.32 Å². The molecule has 0 spiro atoms. The Morgan fingerprint density at radius 3 is 2.74 bits per heavy atom. The maximum atomic E-state index is 11.6. The normalized spacial score (nSPS) is 13.6. The number of rotatable bonds is 7. The summed E-state index contributed by atoms with van der Waals surface area (Å²) in [4.78, 5) is 11.6. The van der Waals surface area contributed by atoms with Crippen molar-refractivity contribution in [3.63, 3.8) is 0 Å². The molecule has 0 unspecified atom stereocenters. The second-order valence-corrected chi connectivity index (χ2v) is 4.50. The molecule has 1 aliphatic carbocycles. The number of amides is 1. The highest BCUT2D eigenvalue weighted by Gasteiger charge is 2.20. The van der Waals surface area contributed by atoms with Gasteiger partial charge in [-0.05, 0) is 37.1 Å². The lowest BCUT2D eigenvalue weighted by Gasteiger charge is -2.07. The van der Waals surface area contributed by atoms with Crippen LogP contribution >= 0.6 is 0 Å². The minimum atomic E-state index is -0.00107. The number of nitrogens with zero attached hydrogens (tertiary/aromatic N) is 1. The molecule has 0 radical (unpaired) electrons. The molecule has 1 aromatic carbocycles. The maximum Gasteiger partial charge on any atom is 0.225 e. The Labute approximate surface area is 112 Å². The van der Waals surface area contributed by atoms with Crippen LogP contribution in [-0.4, -0.2) is 25.1 Å². The van der Waals surface area contributed by atoms with Gasteiger partial charge >= 0.3 is 0 Å². The summed E-state index contributed by atoms with van der Waals surface area (Å²) in [7, 11) is 0. The third-order valence-corrected chi connectivity index (χ3v) is 2.80. The fourth-order valence-corrected chi connectivity index (χ4v) is 1.65. The fraction of sp³-hybridized carbons (Fsp3) is 0.429. The Balaban J connectivity index is 1.71. The van der Waals surface area contributed by atoms with Gasteiger partial charge in [0.15, 0.2) is 6.61 Å². The third-order valence-electron chi connectivity index (χ3n) is 2.80. The quantitative estimate of drug-likeness (QED) is 0.781. The Morgan fingerprint density at radius 1 is 1.37 bits per heavy atom. The molecule has 1 aromatic rings. The summed E-state index contributed by atoms with van der Waals surface area (Å²) >= 11 is 0. The molecule has 0 atom stereocenters. The largest absolute Gasteiger partial charge is 0.479 e. The minimum Gasteiger partial charge on any atom is -0.479 e. The highest BCUT2D eigenvalue weighted by Crippen LogP contribution is 2.18. The molecule has 0 heterocycles. The monoisotopic (exact) mass is 259 g/mol. The van der Waals surface area contributed by atoms with Crippen molar-refractivity contribution >= 4 is 11.6 Å². The smallest absolute Gasteiger partial charge is 0.225 e. The molecule has 19 heavy (non-hydrogen) atoms. The summed E-state index contributed by atoms with van der Waals surface area (Å²) < 4.78 is 5.13. The summed E-state index contributed by atoms with van der Waals surface area (Å²) in [6, 6.07) is 9.52. The topological polar surface area (TPSA) is 74.1 Å². The Hall–Kier alpha value is -2.06. The first-order valence-corrected chi connectivity index (χ1v) is 6.41. The summed E-state index contributed by atoms with van der Waals surface area (Å²) in [5, 5.41) is 14.5. The van der Waals surface area contributed by atoms with E-state index in [0.29, 0.717) is 18.2 Å². The minimum absolute atomic E-state index is 0.00107. The number of nitriles is 1.